The summed E-state index contributed by atoms with van der Waals surface area (Å²) in [6, 6.07) is 0. The lowest BCUT2D eigenvalue weighted by Crippen LogP contribution is -2.58. The van der Waals surface area contributed by atoms with Gasteiger partial charge in [0.05, 0.1) is 26.4 Å². The molecule has 32 heavy (non-hydrogen) atoms. The maximum absolute atomic E-state index is 12.4. The molecule has 0 aliphatic heterocycles. The smallest absolute Gasteiger partial charge is 0.222 e. The van der Waals surface area contributed by atoms with Gasteiger partial charge in [-0.2, -0.15) is 0 Å². The molecule has 0 spiro atoms. The molecule has 0 fully saturated rings. The number of nitrogens with one attached hydrogen (secondary N) is 1. The molecule has 0 rings (SSSR count). The van der Waals surface area contributed by atoms with E-state index in [1.165, 1.54) is 0 Å². The Morgan fingerprint density at radius 3 is 1.62 bits per heavy atom. The average Bonchev–Trinajstić information content (AvgIpc) is 2.82. The first-order valence-electron chi connectivity index (χ1n) is 13.0. The van der Waals surface area contributed by atoms with Gasteiger partial charge < -0.3 is 24.3 Å². The fraction of sp³-hybridized carbons (Fsp3) is 0.962. The number of hydrogen-bond donors (Lipinski definition) is 1. The Balaban J connectivity index is -0.000000597. The number of carbonyl (C=O) groups excluding carboxylic acids is 1. The molecule has 6 nitrogen and oxygen atoms in total. The minimum atomic E-state index is -0.672. The lowest BCUT2D eigenvalue weighted by Gasteiger charge is -2.34. The molecule has 198 valence electrons. The van der Waals surface area contributed by atoms with Crippen molar-refractivity contribution in [2.75, 3.05) is 52.9 Å². The van der Waals surface area contributed by atoms with Gasteiger partial charge in [0.2, 0.25) is 5.91 Å². The van der Waals surface area contributed by atoms with Gasteiger partial charge in [-0.1, -0.05) is 75.7 Å². The van der Waals surface area contributed by atoms with Crippen molar-refractivity contribution < 1.29 is 23.7 Å². The van der Waals surface area contributed by atoms with E-state index in [-0.39, 0.29) is 5.91 Å². The first kappa shape index (κ1) is 38.6. The predicted octanol–water partition coefficient (Wildman–Crippen LogP) is 6.12. The molecule has 1 N–H and O–H groups in total. The monoisotopic (exact) mass is 465 g/mol. The average molecular weight is 466 g/mol. The maximum atomic E-state index is 12.4. The molecule has 0 radical (unpaired) electrons. The zero-order valence-electron chi connectivity index (χ0n) is 23.8. The molecule has 0 aromatic rings. The van der Waals surface area contributed by atoms with E-state index in [0.29, 0.717) is 71.1 Å². The molecule has 1 unspecified atom stereocenters. The van der Waals surface area contributed by atoms with Gasteiger partial charge in [0, 0.05) is 32.8 Å². The fourth-order valence-electron chi connectivity index (χ4n) is 2.24. The standard InChI is InChI=1S/C20H41NO5.3C2H6/c1-7-18(6)13-25-11-10-19(22)21-20(14-23-8-2,15-24-9-3)16-26-12-17(4)5;3*1-2/h17-18H,7-16H2,1-6H3,(H,21,22);3*1-2H3. The molecular formula is C26H59NO5. The molecule has 0 aromatic carbocycles. The van der Waals surface area contributed by atoms with Crippen molar-refractivity contribution in [3.8, 4) is 0 Å². The summed E-state index contributed by atoms with van der Waals surface area (Å²) in [5.41, 5.74) is -0.672. The van der Waals surface area contributed by atoms with Crippen LogP contribution in [0.3, 0.4) is 0 Å². The Hall–Kier alpha value is -0.690. The molecule has 0 aromatic heterocycles. The topological polar surface area (TPSA) is 66.0 Å². The highest BCUT2D eigenvalue weighted by Gasteiger charge is 2.33. The summed E-state index contributed by atoms with van der Waals surface area (Å²) < 4.78 is 22.7. The number of ether oxygens (including phenoxy) is 4. The quantitative estimate of drug-likeness (QED) is 0.262. The van der Waals surface area contributed by atoms with Crippen molar-refractivity contribution in [2.45, 2.75) is 101 Å². The molecule has 1 amide bonds. The van der Waals surface area contributed by atoms with Gasteiger partial charge in [0.15, 0.2) is 0 Å². The van der Waals surface area contributed by atoms with Crippen LogP contribution in [0.2, 0.25) is 0 Å². The Morgan fingerprint density at radius 1 is 0.750 bits per heavy atom. The van der Waals surface area contributed by atoms with Crippen molar-refractivity contribution in [1.29, 1.82) is 0 Å². The van der Waals surface area contributed by atoms with Crippen LogP contribution in [0.15, 0.2) is 0 Å². The van der Waals surface area contributed by atoms with E-state index in [2.05, 4.69) is 33.0 Å². The number of hydrogen-bond acceptors (Lipinski definition) is 5. The first-order chi connectivity index (χ1) is 15.4. The zero-order valence-corrected chi connectivity index (χ0v) is 23.8. The maximum Gasteiger partial charge on any atom is 0.222 e. The lowest BCUT2D eigenvalue weighted by atomic mass is 10.0. The summed E-state index contributed by atoms with van der Waals surface area (Å²) in [4.78, 5) is 12.4. The van der Waals surface area contributed by atoms with Crippen LogP contribution in [0.4, 0.5) is 0 Å². The number of carbonyl (C=O) groups is 1. The zero-order chi connectivity index (χ0) is 25.8. The number of amides is 1. The SMILES string of the molecule is CC.CC.CC.CCOCC(COCC)(COCC(C)C)NC(=O)CCOCC(C)CC. The lowest BCUT2D eigenvalue weighted by molar-refractivity contribution is -0.128. The highest BCUT2D eigenvalue weighted by molar-refractivity contribution is 5.77. The van der Waals surface area contributed by atoms with Crippen molar-refractivity contribution in [2.24, 2.45) is 11.8 Å². The normalized spacial score (nSPS) is 11.3. The van der Waals surface area contributed by atoms with Crippen LogP contribution in [0.5, 0.6) is 0 Å². The summed E-state index contributed by atoms with van der Waals surface area (Å²) in [5, 5.41) is 3.08. The van der Waals surface area contributed by atoms with Crippen molar-refractivity contribution >= 4 is 5.91 Å². The Kier molecular flexibility index (Phi) is 36.5. The second kappa shape index (κ2) is 30.3. The minimum Gasteiger partial charge on any atom is -0.381 e. The highest BCUT2D eigenvalue weighted by atomic mass is 16.5. The highest BCUT2D eigenvalue weighted by Crippen LogP contribution is 2.11. The summed E-state index contributed by atoms with van der Waals surface area (Å²) in [7, 11) is 0. The summed E-state index contributed by atoms with van der Waals surface area (Å²) >= 11 is 0. The molecule has 0 bridgehead atoms. The van der Waals surface area contributed by atoms with Gasteiger partial charge in [0.25, 0.3) is 0 Å². The van der Waals surface area contributed by atoms with Crippen LogP contribution in [-0.2, 0) is 23.7 Å². The van der Waals surface area contributed by atoms with E-state index in [1.807, 2.05) is 55.4 Å². The third-order valence-corrected chi connectivity index (χ3v) is 3.97. The van der Waals surface area contributed by atoms with E-state index in [0.717, 1.165) is 6.42 Å². The van der Waals surface area contributed by atoms with E-state index in [1.54, 1.807) is 0 Å². The van der Waals surface area contributed by atoms with Crippen LogP contribution in [0, 0.1) is 11.8 Å². The predicted molar refractivity (Wildman–Crippen MR) is 138 cm³/mol. The molecule has 6 heteroatoms. The van der Waals surface area contributed by atoms with Crippen molar-refractivity contribution in [1.82, 2.24) is 5.32 Å². The summed E-state index contributed by atoms with van der Waals surface area (Å²) in [5.74, 6) is 0.871. The van der Waals surface area contributed by atoms with Crippen LogP contribution >= 0.6 is 0 Å². The Labute approximate surface area is 201 Å². The van der Waals surface area contributed by atoms with Gasteiger partial charge in [-0.3, -0.25) is 4.79 Å². The first-order valence-corrected chi connectivity index (χ1v) is 13.0. The van der Waals surface area contributed by atoms with Crippen LogP contribution in [-0.4, -0.2) is 64.3 Å². The van der Waals surface area contributed by atoms with E-state index in [9.17, 15) is 4.79 Å². The molecule has 0 saturated carbocycles. The molecule has 0 aliphatic rings. The van der Waals surface area contributed by atoms with Crippen molar-refractivity contribution in [3.63, 3.8) is 0 Å². The van der Waals surface area contributed by atoms with Crippen LogP contribution < -0.4 is 5.32 Å². The minimum absolute atomic E-state index is 0.0679. The van der Waals surface area contributed by atoms with E-state index >= 15 is 0 Å². The molecule has 0 saturated heterocycles. The van der Waals surface area contributed by atoms with Crippen LogP contribution in [0.1, 0.15) is 95.9 Å². The largest absolute Gasteiger partial charge is 0.381 e. The second-order valence-electron chi connectivity index (χ2n) is 7.35. The molecule has 0 aliphatic carbocycles. The Morgan fingerprint density at radius 2 is 1.22 bits per heavy atom. The second-order valence-corrected chi connectivity index (χ2v) is 7.35. The van der Waals surface area contributed by atoms with E-state index in [4.69, 9.17) is 18.9 Å². The van der Waals surface area contributed by atoms with E-state index < -0.39 is 5.54 Å². The van der Waals surface area contributed by atoms with Crippen molar-refractivity contribution in [3.05, 3.63) is 0 Å². The molecular weight excluding hydrogens is 406 g/mol. The van der Waals surface area contributed by atoms with Crippen LogP contribution in [0.25, 0.3) is 0 Å². The van der Waals surface area contributed by atoms with Gasteiger partial charge >= 0.3 is 0 Å². The molecule has 1 atom stereocenters. The van der Waals surface area contributed by atoms with Gasteiger partial charge in [0.1, 0.15) is 5.54 Å². The Bertz CT molecular complexity index is 343. The third-order valence-electron chi connectivity index (χ3n) is 3.97. The third kappa shape index (κ3) is 25.6. The molecule has 0 heterocycles. The fourth-order valence-corrected chi connectivity index (χ4v) is 2.24. The van der Waals surface area contributed by atoms with Gasteiger partial charge in [-0.05, 0) is 25.7 Å². The van der Waals surface area contributed by atoms with Gasteiger partial charge in [-0.15, -0.1) is 0 Å². The summed E-state index contributed by atoms with van der Waals surface area (Å²) in [6.07, 6.45) is 1.39. The van der Waals surface area contributed by atoms with Gasteiger partial charge in [-0.25, -0.2) is 0 Å². The summed E-state index contributed by atoms with van der Waals surface area (Å²) in [6.45, 7) is 28.3. The number of rotatable bonds is 17.